The van der Waals surface area contributed by atoms with E-state index in [0.717, 1.165) is 15.7 Å². The number of allylic oxidation sites excluding steroid dienone is 1. The van der Waals surface area contributed by atoms with Crippen LogP contribution in [-0.4, -0.2) is 55.8 Å². The van der Waals surface area contributed by atoms with Gasteiger partial charge in [0.05, 0.1) is 12.5 Å². The van der Waals surface area contributed by atoms with Crippen molar-refractivity contribution < 1.29 is 45.4 Å². The zero-order chi connectivity index (χ0) is 30.5. The first-order valence-corrected chi connectivity index (χ1v) is 12.6. The predicted octanol–water partition coefficient (Wildman–Crippen LogP) is 6.01. The van der Waals surface area contributed by atoms with Crippen molar-refractivity contribution in [2.45, 2.75) is 62.3 Å². The van der Waals surface area contributed by atoms with Crippen LogP contribution in [0.3, 0.4) is 0 Å². The summed E-state index contributed by atoms with van der Waals surface area (Å²) < 4.78 is 104. The van der Waals surface area contributed by atoms with Gasteiger partial charge in [-0.2, -0.15) is 31.4 Å². The molecule has 13 heteroatoms. The number of likely N-dealkylation sites (tertiary alicyclic amines) is 1. The Kier molecular flexibility index (Phi) is 7.65. The molecule has 6 nitrogen and oxygen atoms in total. The number of ether oxygens (including phenoxy) is 1. The second kappa shape index (κ2) is 10.3. The molecule has 1 fully saturated rings. The fourth-order valence-electron chi connectivity index (χ4n) is 5.07. The third kappa shape index (κ3) is 5.51. The van der Waals surface area contributed by atoms with Gasteiger partial charge in [-0.3, -0.25) is 4.79 Å². The maximum atomic E-state index is 16.0. The fourth-order valence-corrected chi connectivity index (χ4v) is 5.07. The zero-order valence-electron chi connectivity index (χ0n) is 22.4. The van der Waals surface area contributed by atoms with Crippen LogP contribution in [0.2, 0.25) is 0 Å². The van der Waals surface area contributed by atoms with Crippen molar-refractivity contribution in [2.24, 2.45) is 7.05 Å². The molecule has 0 spiro atoms. The molecule has 41 heavy (non-hydrogen) atoms. The number of halogens is 7. The minimum atomic E-state index is -5.45. The second-order valence-electron chi connectivity index (χ2n) is 10.4. The molecule has 1 N–H and O–H groups in total. The highest BCUT2D eigenvalue weighted by molar-refractivity contribution is 5.86. The van der Waals surface area contributed by atoms with Gasteiger partial charge in [0.15, 0.2) is 11.4 Å². The van der Waals surface area contributed by atoms with E-state index >= 15 is 4.39 Å². The molecular weight excluding hydrogens is 559 g/mol. The third-order valence-electron chi connectivity index (χ3n) is 7.43. The van der Waals surface area contributed by atoms with Gasteiger partial charge in [0.1, 0.15) is 6.10 Å². The van der Waals surface area contributed by atoms with Gasteiger partial charge in [-0.25, -0.2) is 9.07 Å². The number of hydrogen-bond acceptors (Lipinski definition) is 4. The molecule has 2 aromatic rings. The van der Waals surface area contributed by atoms with Crippen molar-refractivity contribution >= 4 is 5.91 Å². The second-order valence-corrected chi connectivity index (χ2v) is 10.4. The van der Waals surface area contributed by atoms with Crippen molar-refractivity contribution in [1.82, 2.24) is 14.7 Å². The first kappa shape index (κ1) is 30.4. The van der Waals surface area contributed by atoms with E-state index in [1.165, 1.54) is 7.05 Å². The summed E-state index contributed by atoms with van der Waals surface area (Å²) in [7, 11) is 1.24. The number of nitrogens with zero attached hydrogens (tertiary/aromatic N) is 3. The van der Waals surface area contributed by atoms with Crippen molar-refractivity contribution in [3.8, 4) is 5.88 Å². The molecule has 1 aromatic carbocycles. The number of carbonyl (C=O) groups excluding carboxylic acids is 1. The van der Waals surface area contributed by atoms with Crippen molar-refractivity contribution in [3.63, 3.8) is 0 Å². The molecule has 2 aliphatic rings. The summed E-state index contributed by atoms with van der Waals surface area (Å²) in [5.41, 5.74) is -9.14. The van der Waals surface area contributed by atoms with Crippen molar-refractivity contribution in [2.75, 3.05) is 6.54 Å². The molecule has 0 saturated carbocycles. The number of aromatic nitrogens is 2. The van der Waals surface area contributed by atoms with Gasteiger partial charge in [-0.15, -0.1) is 0 Å². The van der Waals surface area contributed by atoms with Gasteiger partial charge in [0.2, 0.25) is 17.4 Å². The summed E-state index contributed by atoms with van der Waals surface area (Å²) in [6, 6.07) is 9.15. The van der Waals surface area contributed by atoms with Gasteiger partial charge in [0.25, 0.3) is 0 Å². The highest BCUT2D eigenvalue weighted by Crippen LogP contribution is 2.50. The number of hydrogen-bond donors (Lipinski definition) is 1. The van der Waals surface area contributed by atoms with Crippen molar-refractivity contribution in [3.05, 3.63) is 83.2 Å². The SMILES string of the molecule is C=C1C=C2CC[C@H](Oc3cc(C(F)(F)F)nn3C)CN(C(=O)[C@@H](C)c3ccccc3)C2=CC(C)(F)C1(O)C(F)(F)F. The number of aliphatic hydroxyl groups is 1. The number of amides is 1. The summed E-state index contributed by atoms with van der Waals surface area (Å²) >= 11 is 0. The zero-order valence-corrected chi connectivity index (χ0v) is 22.4. The van der Waals surface area contributed by atoms with Crippen LogP contribution >= 0.6 is 0 Å². The number of alkyl halides is 7. The number of benzene rings is 1. The van der Waals surface area contributed by atoms with E-state index in [9.17, 15) is 36.2 Å². The Balaban J connectivity index is 1.80. The van der Waals surface area contributed by atoms with Crippen LogP contribution < -0.4 is 4.74 Å². The summed E-state index contributed by atoms with van der Waals surface area (Å²) in [6.45, 7) is 5.09. The highest BCUT2D eigenvalue weighted by atomic mass is 19.4. The van der Waals surface area contributed by atoms with Gasteiger partial charge in [-0.05, 0) is 49.5 Å². The molecule has 1 aliphatic carbocycles. The topological polar surface area (TPSA) is 67.6 Å². The summed E-state index contributed by atoms with van der Waals surface area (Å²) in [5.74, 6) is -1.71. The summed E-state index contributed by atoms with van der Waals surface area (Å²) in [6.07, 6.45) is -9.70. The Hall–Kier alpha value is -3.61. The molecule has 1 aliphatic heterocycles. The van der Waals surface area contributed by atoms with E-state index in [4.69, 9.17) is 4.74 Å². The molecule has 0 radical (unpaired) electrons. The number of aryl methyl sites for hydroxylation is 1. The minimum Gasteiger partial charge on any atom is -0.473 e. The van der Waals surface area contributed by atoms with Crippen LogP contribution in [0.5, 0.6) is 5.88 Å². The van der Waals surface area contributed by atoms with Gasteiger partial charge < -0.3 is 14.7 Å². The lowest BCUT2D eigenvalue weighted by Gasteiger charge is -2.39. The summed E-state index contributed by atoms with van der Waals surface area (Å²) in [5, 5.41) is 14.1. The maximum Gasteiger partial charge on any atom is 0.435 e. The van der Waals surface area contributed by atoms with E-state index in [1.54, 1.807) is 37.3 Å². The Morgan fingerprint density at radius 3 is 2.39 bits per heavy atom. The average molecular weight is 588 g/mol. The van der Waals surface area contributed by atoms with Crippen LogP contribution in [0.25, 0.3) is 0 Å². The lowest BCUT2D eigenvalue weighted by Crippen LogP contribution is -2.59. The van der Waals surface area contributed by atoms with E-state index < -0.39 is 52.8 Å². The smallest absolute Gasteiger partial charge is 0.435 e. The Bertz CT molecular complexity index is 1390. The first-order valence-electron chi connectivity index (χ1n) is 12.6. The van der Waals surface area contributed by atoms with Crippen LogP contribution in [0.1, 0.15) is 43.9 Å². The van der Waals surface area contributed by atoms with Crippen LogP contribution in [0, 0.1) is 0 Å². The quantitative estimate of drug-likeness (QED) is 0.445. The summed E-state index contributed by atoms with van der Waals surface area (Å²) in [4.78, 5) is 14.9. The van der Waals surface area contributed by atoms with E-state index in [1.807, 2.05) is 0 Å². The monoisotopic (exact) mass is 587 g/mol. The molecule has 0 bridgehead atoms. The third-order valence-corrected chi connectivity index (χ3v) is 7.43. The van der Waals surface area contributed by atoms with Crippen LogP contribution in [0.4, 0.5) is 30.7 Å². The highest BCUT2D eigenvalue weighted by Gasteiger charge is 2.67. The molecular formula is C28H28F7N3O3. The number of rotatable bonds is 4. The lowest BCUT2D eigenvalue weighted by molar-refractivity contribution is -0.274. The van der Waals surface area contributed by atoms with E-state index in [-0.39, 0.29) is 36.5 Å². The van der Waals surface area contributed by atoms with Crippen LogP contribution in [-0.2, 0) is 18.0 Å². The molecule has 1 saturated heterocycles. The van der Waals surface area contributed by atoms with E-state index in [2.05, 4.69) is 11.7 Å². The number of carbonyl (C=O) groups is 1. The lowest BCUT2D eigenvalue weighted by atomic mass is 9.80. The Morgan fingerprint density at radius 1 is 1.20 bits per heavy atom. The normalized spacial score (nSPS) is 26.4. The van der Waals surface area contributed by atoms with E-state index in [0.29, 0.717) is 24.6 Å². The minimum absolute atomic E-state index is 0.0277. The first-order chi connectivity index (χ1) is 18.9. The fraction of sp³-hybridized carbons (Fsp3) is 0.429. The molecule has 2 heterocycles. The number of fused-ring (bicyclic) bond motifs is 1. The molecule has 1 amide bonds. The maximum absolute atomic E-state index is 16.0. The molecule has 2 unspecified atom stereocenters. The molecule has 4 rings (SSSR count). The molecule has 1 aromatic heterocycles. The largest absolute Gasteiger partial charge is 0.473 e. The van der Waals surface area contributed by atoms with Gasteiger partial charge in [-0.1, -0.05) is 43.0 Å². The standard InChI is InChI=1S/C28H28F7N3O3/c1-16-12-19-10-11-20(41-23-13-22(27(30,31)32)36-37(23)4)15-38(24(39)17(2)18-8-6-5-7-9-18)21(19)14-25(3,29)26(16,40)28(33,34)35/h5-9,12-14,17,20,40H,1,10-11,15H2,2-4H3/t17-,20-,25?,26?/m0/s1. The average Bonchev–Trinajstić information content (AvgIpc) is 3.14. The Labute approximate surface area is 231 Å². The van der Waals surface area contributed by atoms with Crippen LogP contribution in [0.15, 0.2) is 72.0 Å². The molecule has 4 atom stereocenters. The van der Waals surface area contributed by atoms with Gasteiger partial charge >= 0.3 is 12.4 Å². The van der Waals surface area contributed by atoms with Gasteiger partial charge in [0, 0.05) is 18.8 Å². The Morgan fingerprint density at radius 2 is 1.83 bits per heavy atom. The predicted molar refractivity (Wildman–Crippen MR) is 134 cm³/mol. The molecule has 222 valence electrons. The van der Waals surface area contributed by atoms with Crippen molar-refractivity contribution in [1.29, 1.82) is 0 Å².